The lowest BCUT2D eigenvalue weighted by molar-refractivity contribution is -0.116. The summed E-state index contributed by atoms with van der Waals surface area (Å²) < 4.78 is 32.2. The molecule has 0 amide bonds. The largest absolute Gasteiger partial charge is 0.375 e. The number of aromatic nitrogens is 3. The number of sulfonamides is 1. The van der Waals surface area contributed by atoms with Gasteiger partial charge in [-0.25, -0.2) is 18.4 Å². The van der Waals surface area contributed by atoms with E-state index in [0.29, 0.717) is 0 Å². The molecule has 2 saturated heterocycles. The maximum absolute atomic E-state index is 12.2. The van der Waals surface area contributed by atoms with E-state index in [1.807, 2.05) is 30.5 Å². The molecule has 3 aromatic rings. The summed E-state index contributed by atoms with van der Waals surface area (Å²) in [6.07, 6.45) is 7.36. The van der Waals surface area contributed by atoms with Gasteiger partial charge >= 0.3 is 0 Å². The number of aromatic amines is 1. The van der Waals surface area contributed by atoms with Crippen molar-refractivity contribution < 1.29 is 17.9 Å². The van der Waals surface area contributed by atoms with Crippen molar-refractivity contribution in [3.05, 3.63) is 42.6 Å². The van der Waals surface area contributed by atoms with E-state index < -0.39 is 10.0 Å². The van der Waals surface area contributed by atoms with Gasteiger partial charge in [-0.05, 0) is 62.8 Å². The lowest BCUT2D eigenvalue weighted by Gasteiger charge is -2.37. The first-order chi connectivity index (χ1) is 17.4. The summed E-state index contributed by atoms with van der Waals surface area (Å²) in [5, 5.41) is 0. The molecule has 3 aliphatic rings. The number of Topliss-reactive ketones (excluding diaryl/α,β-unsaturated/α-hetero) is 1. The highest BCUT2D eigenvalue weighted by Gasteiger charge is 2.41. The average molecular weight is 510 g/mol. The summed E-state index contributed by atoms with van der Waals surface area (Å²) in [5.41, 5.74) is 2.93. The maximum atomic E-state index is 12.2. The molecule has 0 spiro atoms. The number of anilines is 1. The quantitative estimate of drug-likeness (QED) is 0.563. The first kappa shape index (κ1) is 23.6. The topological polar surface area (TPSA) is 108 Å². The molecular weight excluding hydrogens is 478 g/mol. The van der Waals surface area contributed by atoms with Gasteiger partial charge in [-0.3, -0.25) is 4.79 Å². The van der Waals surface area contributed by atoms with Crippen molar-refractivity contribution in [2.75, 3.05) is 30.3 Å². The molecule has 1 saturated carbocycles. The van der Waals surface area contributed by atoms with Crippen LogP contribution in [0.2, 0.25) is 0 Å². The second kappa shape index (κ2) is 9.57. The van der Waals surface area contributed by atoms with Crippen molar-refractivity contribution in [1.82, 2.24) is 19.3 Å². The van der Waals surface area contributed by atoms with E-state index >= 15 is 0 Å². The Bertz CT molecular complexity index is 1310. The Morgan fingerprint density at radius 3 is 2.36 bits per heavy atom. The zero-order valence-electron chi connectivity index (χ0n) is 20.2. The van der Waals surface area contributed by atoms with Crippen molar-refractivity contribution >= 4 is 32.7 Å². The minimum atomic E-state index is -3.41. The SMILES string of the molecule is O=C1CN(C2CCC(OC3CCN(c4ccc(-c5nc6ccccc6[nH]5)cn4)CC3)CC2)S(=O)(=O)C1. The Labute approximate surface area is 210 Å². The van der Waals surface area contributed by atoms with Crippen molar-refractivity contribution in [3.8, 4) is 11.4 Å². The summed E-state index contributed by atoms with van der Waals surface area (Å²) >= 11 is 0. The third kappa shape index (κ3) is 4.77. The zero-order valence-corrected chi connectivity index (χ0v) is 21.0. The number of para-hydroxylation sites is 2. The van der Waals surface area contributed by atoms with Crippen LogP contribution in [0.4, 0.5) is 5.82 Å². The van der Waals surface area contributed by atoms with Gasteiger partial charge in [0.25, 0.3) is 0 Å². The predicted molar refractivity (Wildman–Crippen MR) is 137 cm³/mol. The Hall–Kier alpha value is -2.82. The van der Waals surface area contributed by atoms with Crippen molar-refractivity contribution in [3.63, 3.8) is 0 Å². The molecule has 4 heterocycles. The fraction of sp³-hybridized carbons (Fsp3) is 0.500. The van der Waals surface area contributed by atoms with Gasteiger partial charge in [0.15, 0.2) is 5.78 Å². The van der Waals surface area contributed by atoms with Crippen LogP contribution < -0.4 is 4.90 Å². The van der Waals surface area contributed by atoms with Gasteiger partial charge in [0.2, 0.25) is 10.0 Å². The van der Waals surface area contributed by atoms with E-state index in [2.05, 4.69) is 27.0 Å². The standard InChI is InChI=1S/C26H31N5O4S/c32-20-16-31(36(33,34)17-20)19-6-8-21(9-7-19)35-22-11-13-30(14-12-22)25-10-5-18(15-27-25)26-28-23-3-1-2-4-24(23)29-26/h1-5,10,15,19,21-22H,6-9,11-14,16-17H2,(H,28,29). The van der Waals surface area contributed by atoms with Crippen LogP contribution in [0.5, 0.6) is 0 Å². The average Bonchev–Trinajstić information content (AvgIpc) is 3.44. The Kier molecular flexibility index (Phi) is 6.27. The van der Waals surface area contributed by atoms with Gasteiger partial charge in [-0.2, -0.15) is 4.31 Å². The summed E-state index contributed by atoms with van der Waals surface area (Å²) in [7, 11) is -3.41. The number of nitrogens with one attached hydrogen (secondary N) is 1. The van der Waals surface area contributed by atoms with Crippen LogP contribution in [0.3, 0.4) is 0 Å². The lowest BCUT2D eigenvalue weighted by atomic mass is 9.92. The van der Waals surface area contributed by atoms with Gasteiger partial charge < -0.3 is 14.6 Å². The van der Waals surface area contributed by atoms with Crippen LogP contribution in [-0.2, 0) is 19.6 Å². The van der Waals surface area contributed by atoms with E-state index in [1.165, 1.54) is 4.31 Å². The highest BCUT2D eigenvalue weighted by atomic mass is 32.2. The number of benzene rings is 1. The molecule has 9 nitrogen and oxygen atoms in total. The molecule has 0 bridgehead atoms. The van der Waals surface area contributed by atoms with Crippen LogP contribution in [0.25, 0.3) is 22.4 Å². The predicted octanol–water partition coefficient (Wildman–Crippen LogP) is 3.14. The first-order valence-corrected chi connectivity index (χ1v) is 14.4. The van der Waals surface area contributed by atoms with E-state index in [-0.39, 0.29) is 36.3 Å². The summed E-state index contributed by atoms with van der Waals surface area (Å²) in [6, 6.07) is 12.1. The smallest absolute Gasteiger partial charge is 0.221 e. The number of ketones is 1. The molecule has 1 N–H and O–H groups in total. The monoisotopic (exact) mass is 509 g/mol. The van der Waals surface area contributed by atoms with Gasteiger partial charge in [0, 0.05) is 30.9 Å². The van der Waals surface area contributed by atoms with E-state index in [1.54, 1.807) is 0 Å². The highest BCUT2D eigenvalue weighted by molar-refractivity contribution is 7.90. The maximum Gasteiger partial charge on any atom is 0.221 e. The van der Waals surface area contributed by atoms with Gasteiger partial charge in [-0.15, -0.1) is 0 Å². The fourth-order valence-corrected chi connectivity index (χ4v) is 7.40. The van der Waals surface area contributed by atoms with Crippen molar-refractivity contribution in [1.29, 1.82) is 0 Å². The number of fused-ring (bicyclic) bond motifs is 1. The van der Waals surface area contributed by atoms with Crippen LogP contribution in [0.15, 0.2) is 42.6 Å². The number of carbonyl (C=O) groups is 1. The Morgan fingerprint density at radius 1 is 0.944 bits per heavy atom. The second-order valence-corrected chi connectivity index (χ2v) is 12.0. The number of hydrogen-bond donors (Lipinski definition) is 1. The number of imidazole rings is 1. The van der Waals surface area contributed by atoms with Crippen molar-refractivity contribution in [2.45, 2.75) is 56.8 Å². The lowest BCUT2D eigenvalue weighted by Crippen LogP contribution is -2.43. The van der Waals surface area contributed by atoms with Gasteiger partial charge in [-0.1, -0.05) is 12.1 Å². The minimum Gasteiger partial charge on any atom is -0.375 e. The van der Waals surface area contributed by atoms with Crippen molar-refractivity contribution in [2.24, 2.45) is 0 Å². The number of ether oxygens (including phenoxy) is 1. The van der Waals surface area contributed by atoms with Crippen LogP contribution in [-0.4, -0.2) is 77.1 Å². The van der Waals surface area contributed by atoms with Gasteiger partial charge in [0.05, 0.1) is 29.8 Å². The summed E-state index contributed by atoms with van der Waals surface area (Å²) in [5.74, 6) is 1.26. The molecule has 0 atom stereocenters. The Balaban J connectivity index is 0.989. The second-order valence-electron chi connectivity index (χ2n) is 10.1. The van der Waals surface area contributed by atoms with Crippen LogP contribution >= 0.6 is 0 Å². The molecule has 10 heteroatoms. The highest BCUT2D eigenvalue weighted by Crippen LogP contribution is 2.31. The molecule has 0 unspecified atom stereocenters. The first-order valence-electron chi connectivity index (χ1n) is 12.8. The number of pyridine rings is 1. The molecule has 3 fully saturated rings. The molecule has 1 aliphatic carbocycles. The number of carbonyl (C=O) groups excluding carboxylic acids is 1. The minimum absolute atomic E-state index is 0.0459. The number of nitrogens with zero attached hydrogens (tertiary/aromatic N) is 4. The molecule has 36 heavy (non-hydrogen) atoms. The molecule has 2 aromatic heterocycles. The van der Waals surface area contributed by atoms with Crippen LogP contribution in [0, 0.1) is 0 Å². The number of H-pyrrole nitrogens is 1. The number of rotatable bonds is 5. The molecule has 6 rings (SSSR count). The van der Waals surface area contributed by atoms with Gasteiger partial charge in [0.1, 0.15) is 17.4 Å². The molecule has 190 valence electrons. The van der Waals surface area contributed by atoms with Crippen LogP contribution in [0.1, 0.15) is 38.5 Å². The van der Waals surface area contributed by atoms with E-state index in [4.69, 9.17) is 9.72 Å². The number of hydrogen-bond acceptors (Lipinski definition) is 7. The summed E-state index contributed by atoms with van der Waals surface area (Å²) in [4.78, 5) is 26.6. The normalized spacial score (nSPS) is 25.6. The zero-order chi connectivity index (χ0) is 24.7. The third-order valence-corrected chi connectivity index (χ3v) is 9.47. The molecule has 0 radical (unpaired) electrons. The third-order valence-electron chi connectivity index (χ3n) is 7.65. The Morgan fingerprint density at radius 2 is 1.69 bits per heavy atom. The number of piperidine rings is 1. The molecule has 2 aliphatic heterocycles. The fourth-order valence-electron chi connectivity index (χ4n) is 5.73. The van der Waals surface area contributed by atoms with E-state index in [9.17, 15) is 13.2 Å². The summed E-state index contributed by atoms with van der Waals surface area (Å²) in [6.45, 7) is 1.83. The van der Waals surface area contributed by atoms with E-state index in [0.717, 1.165) is 79.9 Å². The molecular formula is C26H31N5O4S. The molecule has 1 aromatic carbocycles.